The molecule has 1 aliphatic heterocycles. The van der Waals surface area contributed by atoms with Crippen molar-refractivity contribution in [2.45, 2.75) is 12.8 Å². The van der Waals surface area contributed by atoms with Crippen molar-refractivity contribution in [2.75, 3.05) is 58.3 Å². The van der Waals surface area contributed by atoms with Gasteiger partial charge in [-0.15, -0.1) is 0 Å². The van der Waals surface area contributed by atoms with E-state index >= 15 is 0 Å². The van der Waals surface area contributed by atoms with Crippen LogP contribution >= 0.6 is 15.9 Å². The van der Waals surface area contributed by atoms with E-state index in [1.165, 1.54) is 32.8 Å². The minimum atomic E-state index is -0.718. The summed E-state index contributed by atoms with van der Waals surface area (Å²) in [4.78, 5) is 24.5. The SMILES string of the molecule is C1COC1.CNc1cc(C(=O)OC)cc(OCCOC)c1NC(=O)Cc1cc(F)c(Br)cc1F. The Hall–Kier alpha value is -2.76. The molecule has 8 nitrogen and oxygen atoms in total. The highest BCUT2D eigenvalue weighted by molar-refractivity contribution is 9.10. The number of benzene rings is 2. The normalized spacial score (nSPS) is 12.1. The quantitative estimate of drug-likeness (QED) is 0.278. The molecule has 0 radical (unpaired) electrons. The van der Waals surface area contributed by atoms with Crippen molar-refractivity contribution < 1.29 is 37.3 Å². The van der Waals surface area contributed by atoms with Crippen LogP contribution in [0.3, 0.4) is 0 Å². The molecule has 1 saturated heterocycles. The molecule has 2 aromatic rings. The summed E-state index contributed by atoms with van der Waals surface area (Å²) < 4.78 is 47.8. The van der Waals surface area contributed by atoms with Crippen molar-refractivity contribution in [3.05, 3.63) is 51.5 Å². The second-order valence-corrected chi connectivity index (χ2v) is 7.88. The van der Waals surface area contributed by atoms with Gasteiger partial charge in [-0.25, -0.2) is 13.6 Å². The van der Waals surface area contributed by atoms with Crippen LogP contribution in [0.1, 0.15) is 22.3 Å². The lowest BCUT2D eigenvalue weighted by molar-refractivity contribution is -0.115. The molecule has 0 bridgehead atoms. The summed E-state index contributed by atoms with van der Waals surface area (Å²) in [6, 6.07) is 4.80. The number of hydrogen-bond donors (Lipinski definition) is 2. The van der Waals surface area contributed by atoms with Crippen molar-refractivity contribution in [3.8, 4) is 5.75 Å². The zero-order chi connectivity index (χ0) is 25.1. The van der Waals surface area contributed by atoms with Gasteiger partial charge < -0.3 is 29.6 Å². The minimum Gasteiger partial charge on any atom is -0.489 e. The van der Waals surface area contributed by atoms with Gasteiger partial charge in [0.15, 0.2) is 0 Å². The number of nitrogens with one attached hydrogen (secondary N) is 2. The third-order valence-corrected chi connectivity index (χ3v) is 5.23. The van der Waals surface area contributed by atoms with Crippen LogP contribution in [-0.2, 0) is 25.4 Å². The Balaban J connectivity index is 0.000000920. The molecule has 0 aromatic heterocycles. The van der Waals surface area contributed by atoms with E-state index in [0.29, 0.717) is 5.69 Å². The van der Waals surface area contributed by atoms with Crippen LogP contribution in [0.15, 0.2) is 28.7 Å². The topological polar surface area (TPSA) is 95.1 Å². The van der Waals surface area contributed by atoms with Crippen molar-refractivity contribution in [3.63, 3.8) is 0 Å². The van der Waals surface area contributed by atoms with E-state index in [-0.39, 0.29) is 40.3 Å². The maximum atomic E-state index is 14.1. The Labute approximate surface area is 205 Å². The number of carbonyl (C=O) groups is 2. The molecule has 0 atom stereocenters. The van der Waals surface area contributed by atoms with Gasteiger partial charge in [-0.05, 0) is 46.6 Å². The van der Waals surface area contributed by atoms with Crippen molar-refractivity contribution in [1.82, 2.24) is 0 Å². The standard InChI is InChI=1S/C20H21BrF2N2O5.C3H6O/c1-24-16-7-12(20(27)29-3)8-17(30-5-4-28-2)19(16)25-18(26)9-11-6-15(23)13(21)10-14(11)22;1-2-4-3-1/h6-8,10,24H,4-5,9H2,1-3H3,(H,25,26);1-3H2. The van der Waals surface area contributed by atoms with E-state index in [4.69, 9.17) is 18.9 Å². The summed E-state index contributed by atoms with van der Waals surface area (Å²) in [5.74, 6) is -2.40. The molecule has 2 aromatic carbocycles. The predicted molar refractivity (Wildman–Crippen MR) is 127 cm³/mol. The summed E-state index contributed by atoms with van der Waals surface area (Å²) in [7, 11) is 4.34. The average Bonchev–Trinajstić information content (AvgIpc) is 2.76. The Morgan fingerprint density at radius 1 is 1.09 bits per heavy atom. The number of carbonyl (C=O) groups excluding carboxylic acids is 2. The van der Waals surface area contributed by atoms with Crippen LogP contribution in [0.5, 0.6) is 5.75 Å². The zero-order valence-electron chi connectivity index (χ0n) is 19.1. The fourth-order valence-electron chi connectivity index (χ4n) is 2.73. The number of rotatable bonds is 9. The molecule has 1 heterocycles. The molecular weight excluding hydrogens is 518 g/mol. The Morgan fingerprint density at radius 2 is 1.76 bits per heavy atom. The van der Waals surface area contributed by atoms with Crippen LogP contribution in [0, 0.1) is 11.6 Å². The number of esters is 1. The first kappa shape index (κ1) is 27.5. The highest BCUT2D eigenvalue weighted by Gasteiger charge is 2.19. The number of halogens is 3. The summed E-state index contributed by atoms with van der Waals surface area (Å²) in [6.07, 6.45) is 0.870. The minimum absolute atomic E-state index is 0.0335. The molecule has 0 spiro atoms. The molecule has 1 fully saturated rings. The number of amides is 1. The van der Waals surface area contributed by atoms with Gasteiger partial charge in [0.2, 0.25) is 5.91 Å². The smallest absolute Gasteiger partial charge is 0.338 e. The van der Waals surface area contributed by atoms with Gasteiger partial charge in [0.05, 0.1) is 35.9 Å². The lowest BCUT2D eigenvalue weighted by atomic mass is 10.1. The maximum Gasteiger partial charge on any atom is 0.338 e. The molecule has 0 unspecified atom stereocenters. The lowest BCUT2D eigenvalue weighted by Gasteiger charge is -2.18. The van der Waals surface area contributed by atoms with E-state index in [0.717, 1.165) is 25.3 Å². The first-order chi connectivity index (χ1) is 16.3. The Bertz CT molecular complexity index is 998. The van der Waals surface area contributed by atoms with Crippen molar-refractivity contribution >= 4 is 39.2 Å². The molecular formula is C23H27BrF2N2O6. The second-order valence-electron chi connectivity index (χ2n) is 7.03. The molecule has 34 heavy (non-hydrogen) atoms. The van der Waals surface area contributed by atoms with E-state index in [9.17, 15) is 18.4 Å². The van der Waals surface area contributed by atoms with Gasteiger partial charge in [0.25, 0.3) is 0 Å². The number of hydrogen-bond acceptors (Lipinski definition) is 7. The van der Waals surface area contributed by atoms with E-state index in [1.807, 2.05) is 0 Å². The molecule has 11 heteroatoms. The highest BCUT2D eigenvalue weighted by atomic mass is 79.9. The molecule has 2 N–H and O–H groups in total. The van der Waals surface area contributed by atoms with Crippen molar-refractivity contribution in [1.29, 1.82) is 0 Å². The van der Waals surface area contributed by atoms with Crippen molar-refractivity contribution in [2.24, 2.45) is 0 Å². The third kappa shape index (κ3) is 7.93. The van der Waals surface area contributed by atoms with Gasteiger partial charge in [-0.2, -0.15) is 0 Å². The van der Waals surface area contributed by atoms with E-state index < -0.39 is 29.9 Å². The number of methoxy groups -OCH3 is 2. The third-order valence-electron chi connectivity index (χ3n) is 4.62. The van der Waals surface area contributed by atoms with Gasteiger partial charge in [-0.1, -0.05) is 0 Å². The lowest BCUT2D eigenvalue weighted by Crippen LogP contribution is -2.18. The molecule has 0 aliphatic carbocycles. The average molecular weight is 545 g/mol. The first-order valence-electron chi connectivity index (χ1n) is 10.4. The first-order valence-corrected chi connectivity index (χ1v) is 11.2. The molecule has 1 amide bonds. The Morgan fingerprint density at radius 3 is 2.32 bits per heavy atom. The second kappa shape index (κ2) is 13.8. The largest absolute Gasteiger partial charge is 0.489 e. The monoisotopic (exact) mass is 544 g/mol. The van der Waals surface area contributed by atoms with Crippen LogP contribution in [0.25, 0.3) is 0 Å². The summed E-state index contributed by atoms with van der Waals surface area (Å²) in [5, 5.41) is 5.50. The fourth-order valence-corrected chi connectivity index (χ4v) is 3.04. The maximum absolute atomic E-state index is 14.1. The highest BCUT2D eigenvalue weighted by Crippen LogP contribution is 2.35. The molecule has 1 aliphatic rings. The summed E-state index contributed by atoms with van der Waals surface area (Å²) >= 11 is 2.89. The van der Waals surface area contributed by atoms with E-state index in [1.54, 1.807) is 7.05 Å². The molecule has 3 rings (SSSR count). The molecule has 186 valence electrons. The Kier molecular flexibility index (Phi) is 11.2. The zero-order valence-corrected chi connectivity index (χ0v) is 20.7. The summed E-state index contributed by atoms with van der Waals surface area (Å²) in [6.45, 7) is 2.42. The number of anilines is 2. The van der Waals surface area contributed by atoms with Gasteiger partial charge in [0.1, 0.15) is 29.7 Å². The predicted octanol–water partition coefficient (Wildman–Crippen LogP) is 4.17. The summed E-state index contributed by atoms with van der Waals surface area (Å²) in [5.41, 5.74) is 0.714. The van der Waals surface area contributed by atoms with Crippen LogP contribution in [-0.4, -0.2) is 59.6 Å². The fraction of sp³-hybridized carbons (Fsp3) is 0.391. The van der Waals surface area contributed by atoms with Gasteiger partial charge in [0, 0.05) is 32.9 Å². The van der Waals surface area contributed by atoms with Gasteiger partial charge >= 0.3 is 5.97 Å². The van der Waals surface area contributed by atoms with Gasteiger partial charge in [-0.3, -0.25) is 4.79 Å². The molecule has 0 saturated carbocycles. The van der Waals surface area contributed by atoms with E-state index in [2.05, 4.69) is 26.6 Å². The van der Waals surface area contributed by atoms with Crippen LogP contribution in [0.4, 0.5) is 20.2 Å². The van der Waals surface area contributed by atoms with Crippen LogP contribution in [0.2, 0.25) is 0 Å². The number of ether oxygens (including phenoxy) is 4. The van der Waals surface area contributed by atoms with Crippen LogP contribution < -0.4 is 15.4 Å².